The van der Waals surface area contributed by atoms with E-state index in [2.05, 4.69) is 10.4 Å². The first-order valence-electron chi connectivity index (χ1n) is 9.32. The van der Waals surface area contributed by atoms with Crippen molar-refractivity contribution >= 4 is 12.0 Å². The number of amides is 1. The summed E-state index contributed by atoms with van der Waals surface area (Å²) in [7, 11) is 0. The molecule has 0 aliphatic carbocycles. The van der Waals surface area contributed by atoms with Crippen LogP contribution >= 0.6 is 0 Å². The fourth-order valence-corrected chi connectivity index (χ4v) is 2.99. The van der Waals surface area contributed by atoms with E-state index in [1.54, 1.807) is 6.08 Å². The van der Waals surface area contributed by atoms with Gasteiger partial charge in [-0.05, 0) is 50.6 Å². The molecular formula is C23H25N3O2. The standard InChI is InChI=1S/C23H25N3O2/c1-17-9-7-8-12-22(17)28-16-15-24-23(27)14-13-21-18(2)25-26(19(21)3)20-10-5-4-6-11-20/h4-14H,15-16H2,1-3H3,(H,24,27)/b14-13+. The molecule has 0 radical (unpaired) electrons. The molecule has 3 aromatic rings. The van der Waals surface area contributed by atoms with Gasteiger partial charge in [-0.3, -0.25) is 4.79 Å². The maximum absolute atomic E-state index is 12.1. The van der Waals surface area contributed by atoms with Crippen LogP contribution < -0.4 is 10.1 Å². The van der Waals surface area contributed by atoms with Gasteiger partial charge >= 0.3 is 0 Å². The quantitative estimate of drug-likeness (QED) is 0.501. The highest BCUT2D eigenvalue weighted by Gasteiger charge is 2.10. The van der Waals surface area contributed by atoms with E-state index in [0.29, 0.717) is 13.2 Å². The summed E-state index contributed by atoms with van der Waals surface area (Å²) in [5.74, 6) is 0.687. The number of carbonyl (C=O) groups excluding carboxylic acids is 1. The molecule has 0 spiro atoms. The Bertz CT molecular complexity index is 975. The zero-order chi connectivity index (χ0) is 19.9. The molecule has 0 atom stereocenters. The lowest BCUT2D eigenvalue weighted by Gasteiger charge is -2.08. The molecule has 5 heteroatoms. The van der Waals surface area contributed by atoms with E-state index in [9.17, 15) is 4.79 Å². The van der Waals surface area contributed by atoms with Crippen molar-refractivity contribution in [1.29, 1.82) is 0 Å². The maximum atomic E-state index is 12.1. The molecular weight excluding hydrogens is 350 g/mol. The topological polar surface area (TPSA) is 56.1 Å². The van der Waals surface area contributed by atoms with Crippen molar-refractivity contribution in [3.05, 3.63) is 83.2 Å². The second kappa shape index (κ2) is 9.04. The van der Waals surface area contributed by atoms with Gasteiger partial charge in [-0.1, -0.05) is 36.4 Å². The number of benzene rings is 2. The minimum atomic E-state index is -0.153. The maximum Gasteiger partial charge on any atom is 0.244 e. The van der Waals surface area contributed by atoms with E-state index in [4.69, 9.17) is 4.74 Å². The predicted octanol–water partition coefficient (Wildman–Crippen LogP) is 4.01. The van der Waals surface area contributed by atoms with Gasteiger partial charge in [0.15, 0.2) is 0 Å². The van der Waals surface area contributed by atoms with Gasteiger partial charge in [0.05, 0.1) is 17.9 Å². The average Bonchev–Trinajstić information content (AvgIpc) is 2.99. The van der Waals surface area contributed by atoms with Crippen molar-refractivity contribution in [2.24, 2.45) is 0 Å². The molecule has 3 rings (SSSR count). The van der Waals surface area contributed by atoms with Crippen LogP contribution in [0.2, 0.25) is 0 Å². The van der Waals surface area contributed by atoms with Crippen molar-refractivity contribution in [1.82, 2.24) is 15.1 Å². The van der Waals surface area contributed by atoms with Crippen molar-refractivity contribution in [2.45, 2.75) is 20.8 Å². The molecule has 2 aromatic carbocycles. The van der Waals surface area contributed by atoms with Crippen LogP contribution in [0.5, 0.6) is 5.75 Å². The number of nitrogens with zero attached hydrogens (tertiary/aromatic N) is 2. The van der Waals surface area contributed by atoms with E-state index in [1.807, 2.05) is 86.1 Å². The molecule has 0 aliphatic rings. The smallest absolute Gasteiger partial charge is 0.244 e. The molecule has 0 saturated heterocycles. The lowest BCUT2D eigenvalue weighted by atomic mass is 10.2. The van der Waals surface area contributed by atoms with Crippen molar-refractivity contribution in [3.63, 3.8) is 0 Å². The molecule has 5 nitrogen and oxygen atoms in total. The van der Waals surface area contributed by atoms with Gasteiger partial charge < -0.3 is 10.1 Å². The molecule has 0 unspecified atom stereocenters. The largest absolute Gasteiger partial charge is 0.491 e. The Morgan fingerprint density at radius 2 is 1.79 bits per heavy atom. The lowest BCUT2D eigenvalue weighted by Crippen LogP contribution is -2.26. The first-order valence-corrected chi connectivity index (χ1v) is 9.32. The Balaban J connectivity index is 1.56. The molecule has 0 bridgehead atoms. The monoisotopic (exact) mass is 375 g/mol. The van der Waals surface area contributed by atoms with Crippen LogP contribution in [0.15, 0.2) is 60.7 Å². The van der Waals surface area contributed by atoms with Crippen molar-refractivity contribution in [2.75, 3.05) is 13.2 Å². The van der Waals surface area contributed by atoms with Gasteiger partial charge in [-0.25, -0.2) is 4.68 Å². The first-order chi connectivity index (χ1) is 13.6. The highest BCUT2D eigenvalue weighted by Crippen LogP contribution is 2.19. The van der Waals surface area contributed by atoms with E-state index < -0.39 is 0 Å². The second-order valence-electron chi connectivity index (χ2n) is 6.57. The third kappa shape index (κ3) is 4.68. The van der Waals surface area contributed by atoms with Crippen LogP contribution in [-0.2, 0) is 4.79 Å². The summed E-state index contributed by atoms with van der Waals surface area (Å²) in [6.07, 6.45) is 3.36. The van der Waals surface area contributed by atoms with Crippen LogP contribution in [0.1, 0.15) is 22.5 Å². The summed E-state index contributed by atoms with van der Waals surface area (Å²) in [6, 6.07) is 17.8. The number of nitrogens with one attached hydrogen (secondary N) is 1. The van der Waals surface area contributed by atoms with Crippen LogP contribution in [0.4, 0.5) is 0 Å². The minimum Gasteiger partial charge on any atom is -0.491 e. The summed E-state index contributed by atoms with van der Waals surface area (Å²) in [4.78, 5) is 12.1. The Kier molecular flexibility index (Phi) is 6.27. The second-order valence-corrected chi connectivity index (χ2v) is 6.57. The van der Waals surface area contributed by atoms with Gasteiger partial charge in [-0.15, -0.1) is 0 Å². The van der Waals surface area contributed by atoms with Gasteiger partial charge in [0.2, 0.25) is 5.91 Å². The number of hydrogen-bond donors (Lipinski definition) is 1. The number of rotatable bonds is 7. The van der Waals surface area contributed by atoms with Gasteiger partial charge in [0, 0.05) is 17.3 Å². The molecule has 144 valence electrons. The number of hydrogen-bond acceptors (Lipinski definition) is 3. The Morgan fingerprint density at radius 1 is 1.07 bits per heavy atom. The van der Waals surface area contributed by atoms with Crippen molar-refractivity contribution < 1.29 is 9.53 Å². The number of aromatic nitrogens is 2. The van der Waals surface area contributed by atoms with Crippen LogP contribution in [0.3, 0.4) is 0 Å². The Hall–Kier alpha value is -3.34. The minimum absolute atomic E-state index is 0.153. The molecule has 0 fully saturated rings. The molecule has 1 heterocycles. The number of para-hydroxylation sites is 2. The number of ether oxygens (including phenoxy) is 1. The van der Waals surface area contributed by atoms with Gasteiger partial charge in [0.1, 0.15) is 12.4 Å². The van der Waals surface area contributed by atoms with E-state index >= 15 is 0 Å². The molecule has 1 aromatic heterocycles. The zero-order valence-electron chi connectivity index (χ0n) is 16.5. The van der Waals surface area contributed by atoms with Gasteiger partial charge in [0.25, 0.3) is 0 Å². The summed E-state index contributed by atoms with van der Waals surface area (Å²) >= 11 is 0. The van der Waals surface area contributed by atoms with Crippen LogP contribution in [0, 0.1) is 20.8 Å². The van der Waals surface area contributed by atoms with E-state index in [1.165, 1.54) is 0 Å². The lowest BCUT2D eigenvalue weighted by molar-refractivity contribution is -0.116. The molecule has 0 saturated carbocycles. The molecule has 28 heavy (non-hydrogen) atoms. The third-order valence-electron chi connectivity index (χ3n) is 4.50. The van der Waals surface area contributed by atoms with Crippen molar-refractivity contribution in [3.8, 4) is 11.4 Å². The summed E-state index contributed by atoms with van der Waals surface area (Å²) < 4.78 is 7.58. The zero-order valence-corrected chi connectivity index (χ0v) is 16.5. The predicted molar refractivity (Wildman–Crippen MR) is 112 cm³/mol. The number of aryl methyl sites for hydroxylation is 2. The average molecular weight is 375 g/mol. The van der Waals surface area contributed by atoms with Crippen LogP contribution in [0.25, 0.3) is 11.8 Å². The Morgan fingerprint density at radius 3 is 2.54 bits per heavy atom. The summed E-state index contributed by atoms with van der Waals surface area (Å²) in [5.41, 5.74) is 4.91. The normalized spacial score (nSPS) is 11.0. The van der Waals surface area contributed by atoms with Gasteiger partial charge in [-0.2, -0.15) is 5.10 Å². The summed E-state index contributed by atoms with van der Waals surface area (Å²) in [5, 5.41) is 7.43. The first kappa shape index (κ1) is 19.4. The SMILES string of the molecule is Cc1ccccc1OCCNC(=O)/C=C/c1c(C)nn(-c2ccccc2)c1C. The Labute approximate surface area is 165 Å². The van der Waals surface area contributed by atoms with Crippen LogP contribution in [-0.4, -0.2) is 28.8 Å². The highest BCUT2D eigenvalue weighted by atomic mass is 16.5. The summed E-state index contributed by atoms with van der Waals surface area (Å²) in [6.45, 7) is 6.81. The molecule has 0 aliphatic heterocycles. The molecule has 1 N–H and O–H groups in total. The fraction of sp³-hybridized carbons (Fsp3) is 0.217. The fourth-order valence-electron chi connectivity index (χ4n) is 2.99. The highest BCUT2D eigenvalue weighted by molar-refractivity contribution is 5.92. The number of carbonyl (C=O) groups is 1. The van der Waals surface area contributed by atoms with E-state index in [0.717, 1.165) is 34.0 Å². The van der Waals surface area contributed by atoms with E-state index in [-0.39, 0.29) is 5.91 Å². The third-order valence-corrected chi connectivity index (χ3v) is 4.50. The molecule has 1 amide bonds.